The summed E-state index contributed by atoms with van der Waals surface area (Å²) in [4.78, 5) is 16.3. The molecule has 1 aliphatic heterocycles. The Labute approximate surface area is 139 Å². The molecule has 7 heteroatoms. The highest BCUT2D eigenvalue weighted by Crippen LogP contribution is 2.29. The van der Waals surface area contributed by atoms with E-state index in [9.17, 15) is 13.2 Å². The molecule has 0 spiro atoms. The molecule has 0 fully saturated rings. The minimum Gasteiger partial charge on any atom is -0.477 e. The molecule has 0 amide bonds. The highest BCUT2D eigenvalue weighted by Gasteiger charge is 2.26. The van der Waals surface area contributed by atoms with Crippen molar-refractivity contribution >= 4 is 21.5 Å². The number of hydrogen-bond acceptors (Lipinski definition) is 5. The van der Waals surface area contributed by atoms with Crippen molar-refractivity contribution < 1.29 is 23.2 Å². The first-order valence-electron chi connectivity index (χ1n) is 7.21. The zero-order chi connectivity index (χ0) is 17.3. The molecule has 1 N–H and O–H groups in total. The van der Waals surface area contributed by atoms with Gasteiger partial charge in [-0.1, -0.05) is 41.6 Å². The first-order valence-corrected chi connectivity index (χ1v) is 9.10. The number of carbonyl (C=O) groups is 1. The molecule has 1 atom stereocenters. The van der Waals surface area contributed by atoms with E-state index in [-0.39, 0.29) is 17.0 Å². The largest absolute Gasteiger partial charge is 0.477 e. The van der Waals surface area contributed by atoms with Gasteiger partial charge in [0.05, 0.1) is 4.90 Å². The van der Waals surface area contributed by atoms with Gasteiger partial charge in [0.2, 0.25) is 0 Å². The van der Waals surface area contributed by atoms with E-state index < -0.39 is 21.9 Å². The average molecular weight is 345 g/mol. The van der Waals surface area contributed by atoms with Crippen LogP contribution in [-0.2, 0) is 19.5 Å². The number of rotatable bonds is 4. The van der Waals surface area contributed by atoms with Crippen LogP contribution in [0.15, 0.2) is 58.6 Å². The summed E-state index contributed by atoms with van der Waals surface area (Å²) in [6.07, 6.45) is 1.02. The third kappa shape index (κ3) is 3.30. The summed E-state index contributed by atoms with van der Waals surface area (Å²) in [6.45, 7) is 0. The lowest BCUT2D eigenvalue weighted by atomic mass is 10.00. The molecule has 24 heavy (non-hydrogen) atoms. The molecule has 2 aromatic carbocycles. The van der Waals surface area contributed by atoms with E-state index >= 15 is 0 Å². The fourth-order valence-electron chi connectivity index (χ4n) is 2.47. The van der Waals surface area contributed by atoms with Crippen molar-refractivity contribution in [2.75, 3.05) is 6.26 Å². The van der Waals surface area contributed by atoms with Gasteiger partial charge in [0.1, 0.15) is 0 Å². The molecule has 6 nitrogen and oxygen atoms in total. The minimum atomic E-state index is -3.21. The maximum Gasteiger partial charge on any atom is 0.353 e. The van der Waals surface area contributed by atoms with Crippen LogP contribution in [0.4, 0.5) is 0 Å². The Hall–Kier alpha value is -2.67. The van der Waals surface area contributed by atoms with E-state index in [1.165, 1.54) is 6.26 Å². The van der Waals surface area contributed by atoms with Crippen molar-refractivity contribution in [2.45, 2.75) is 17.4 Å². The summed E-state index contributed by atoms with van der Waals surface area (Å²) in [6, 6.07) is 14.1. The Bertz CT molecular complexity index is 899. The normalized spacial score (nSPS) is 17.2. The number of carboxylic acid groups (broad SMARTS) is 1. The van der Waals surface area contributed by atoms with Crippen LogP contribution in [0.25, 0.3) is 11.1 Å². The number of benzene rings is 2. The number of aliphatic carboxylic acids is 1. The molecule has 0 aliphatic carbocycles. The molecule has 0 aromatic heterocycles. The molecule has 1 heterocycles. The second kappa shape index (κ2) is 6.09. The Kier molecular flexibility index (Phi) is 4.11. The van der Waals surface area contributed by atoms with E-state index in [2.05, 4.69) is 5.16 Å². The van der Waals surface area contributed by atoms with Crippen LogP contribution >= 0.6 is 0 Å². The van der Waals surface area contributed by atoms with E-state index in [0.717, 1.165) is 16.7 Å². The monoisotopic (exact) mass is 345 g/mol. The lowest BCUT2D eigenvalue weighted by Gasteiger charge is -2.09. The van der Waals surface area contributed by atoms with E-state index in [1.807, 2.05) is 24.3 Å². The van der Waals surface area contributed by atoms with Crippen molar-refractivity contribution in [2.24, 2.45) is 5.16 Å². The number of sulfone groups is 1. The Balaban J connectivity index is 1.77. The molecule has 1 aliphatic rings. The predicted octanol–water partition coefficient (Wildman–Crippen LogP) is 2.66. The fraction of sp³-hybridized carbons (Fsp3) is 0.176. The van der Waals surface area contributed by atoms with E-state index in [0.29, 0.717) is 0 Å². The first kappa shape index (κ1) is 16.2. The third-order valence-corrected chi connectivity index (χ3v) is 4.94. The lowest BCUT2D eigenvalue weighted by Crippen LogP contribution is -2.11. The molecule has 0 bridgehead atoms. The lowest BCUT2D eigenvalue weighted by molar-refractivity contribution is -0.129. The van der Waals surface area contributed by atoms with Gasteiger partial charge in [-0.15, -0.1) is 0 Å². The highest BCUT2D eigenvalue weighted by molar-refractivity contribution is 7.90. The van der Waals surface area contributed by atoms with Crippen molar-refractivity contribution in [1.29, 1.82) is 0 Å². The van der Waals surface area contributed by atoms with Crippen molar-refractivity contribution in [3.8, 4) is 11.1 Å². The van der Waals surface area contributed by atoms with Gasteiger partial charge in [0.15, 0.2) is 21.7 Å². The van der Waals surface area contributed by atoms with Gasteiger partial charge in [-0.2, -0.15) is 0 Å². The summed E-state index contributed by atoms with van der Waals surface area (Å²) in [5.74, 6) is -1.07. The van der Waals surface area contributed by atoms with Crippen molar-refractivity contribution in [1.82, 2.24) is 0 Å². The molecule has 124 valence electrons. The van der Waals surface area contributed by atoms with Gasteiger partial charge in [0, 0.05) is 12.7 Å². The summed E-state index contributed by atoms with van der Waals surface area (Å²) in [5.41, 5.74) is 2.67. The molecule has 2 aromatic rings. The Morgan fingerprint density at radius 1 is 1.08 bits per heavy atom. The predicted molar refractivity (Wildman–Crippen MR) is 88.5 cm³/mol. The standard InChI is InChI=1S/C17H15NO5S/c1-24(21,22)14-8-6-12(7-9-14)11-2-4-13(5-3-11)16-10-15(17(19)20)18-23-16/h2-9,16H,10H2,1H3,(H,19,20). The smallest absolute Gasteiger partial charge is 0.353 e. The maximum atomic E-state index is 11.5. The second-order valence-electron chi connectivity index (χ2n) is 5.56. The molecule has 0 saturated heterocycles. The van der Waals surface area contributed by atoms with Gasteiger partial charge in [-0.25, -0.2) is 13.2 Å². The molecule has 1 unspecified atom stereocenters. The zero-order valence-corrected chi connectivity index (χ0v) is 13.7. The Morgan fingerprint density at radius 2 is 1.62 bits per heavy atom. The molecular formula is C17H15NO5S. The van der Waals surface area contributed by atoms with E-state index in [1.54, 1.807) is 24.3 Å². The summed E-state index contributed by atoms with van der Waals surface area (Å²) < 4.78 is 23.0. The zero-order valence-electron chi connectivity index (χ0n) is 12.8. The first-order chi connectivity index (χ1) is 11.3. The highest BCUT2D eigenvalue weighted by atomic mass is 32.2. The van der Waals surface area contributed by atoms with Gasteiger partial charge >= 0.3 is 5.97 Å². The average Bonchev–Trinajstić information content (AvgIpc) is 3.05. The Morgan fingerprint density at radius 3 is 2.08 bits per heavy atom. The molecule has 0 saturated carbocycles. The second-order valence-corrected chi connectivity index (χ2v) is 7.58. The van der Waals surface area contributed by atoms with Crippen LogP contribution in [0, 0.1) is 0 Å². The minimum absolute atomic E-state index is 0.0143. The number of carboxylic acids is 1. The van der Waals surface area contributed by atoms with Crippen LogP contribution in [0.5, 0.6) is 0 Å². The van der Waals surface area contributed by atoms with Gasteiger partial charge in [0.25, 0.3) is 0 Å². The maximum absolute atomic E-state index is 11.5. The molecular weight excluding hydrogens is 330 g/mol. The van der Waals surface area contributed by atoms with Crippen molar-refractivity contribution in [3.05, 3.63) is 54.1 Å². The molecule has 0 radical (unpaired) electrons. The number of hydrogen-bond donors (Lipinski definition) is 1. The van der Waals surface area contributed by atoms with Crippen LogP contribution in [-0.4, -0.2) is 31.5 Å². The van der Waals surface area contributed by atoms with Crippen LogP contribution in [0.2, 0.25) is 0 Å². The molecule has 3 rings (SSSR count). The van der Waals surface area contributed by atoms with Crippen LogP contribution < -0.4 is 0 Å². The third-order valence-electron chi connectivity index (χ3n) is 3.81. The summed E-state index contributed by atoms with van der Waals surface area (Å²) in [5, 5.41) is 12.5. The van der Waals surface area contributed by atoms with E-state index in [4.69, 9.17) is 9.94 Å². The van der Waals surface area contributed by atoms with Crippen molar-refractivity contribution in [3.63, 3.8) is 0 Å². The summed E-state index contributed by atoms with van der Waals surface area (Å²) in [7, 11) is -3.21. The van der Waals surface area contributed by atoms with Crippen LogP contribution in [0.3, 0.4) is 0 Å². The quantitative estimate of drug-likeness (QED) is 0.919. The fourth-order valence-corrected chi connectivity index (χ4v) is 3.10. The van der Waals surface area contributed by atoms with Crippen LogP contribution in [0.1, 0.15) is 18.1 Å². The van der Waals surface area contributed by atoms with Gasteiger partial charge < -0.3 is 9.94 Å². The summed E-state index contributed by atoms with van der Waals surface area (Å²) >= 11 is 0. The van der Waals surface area contributed by atoms with Gasteiger partial charge in [-0.3, -0.25) is 0 Å². The topological polar surface area (TPSA) is 93.0 Å². The van der Waals surface area contributed by atoms with Gasteiger partial charge in [-0.05, 0) is 28.8 Å². The number of oxime groups is 1. The number of nitrogens with zero attached hydrogens (tertiary/aromatic N) is 1. The SMILES string of the molecule is CS(=O)(=O)c1ccc(-c2ccc(C3CC(C(=O)O)=NO3)cc2)cc1.